The Bertz CT molecular complexity index is 655. The van der Waals surface area contributed by atoms with Crippen molar-refractivity contribution < 1.29 is 13.9 Å². The highest BCUT2D eigenvalue weighted by Gasteiger charge is 2.30. The number of hydrogen-bond donors (Lipinski definition) is 0. The second kappa shape index (κ2) is 4.23. The standard InChI is InChI=1S/C15H13BrO3/c1-15(2)8-10-7-9(3-4-11(10)19-15)14(17)12-5-6-13(16)18-12/h3-7H,8H2,1-2H3. The van der Waals surface area contributed by atoms with Crippen LogP contribution in [0.5, 0.6) is 5.75 Å². The van der Waals surface area contributed by atoms with Crippen molar-refractivity contribution in [3.05, 3.63) is 51.9 Å². The van der Waals surface area contributed by atoms with Gasteiger partial charge in [-0.05, 0) is 65.7 Å². The Labute approximate surface area is 119 Å². The lowest BCUT2D eigenvalue weighted by atomic mass is 9.99. The minimum atomic E-state index is -0.197. The molecule has 0 radical (unpaired) electrons. The Balaban J connectivity index is 1.94. The molecule has 0 spiro atoms. The van der Waals surface area contributed by atoms with E-state index in [9.17, 15) is 4.79 Å². The summed E-state index contributed by atoms with van der Waals surface area (Å²) >= 11 is 3.20. The monoisotopic (exact) mass is 320 g/mol. The predicted molar refractivity (Wildman–Crippen MR) is 74.7 cm³/mol. The summed E-state index contributed by atoms with van der Waals surface area (Å²) in [6.45, 7) is 4.08. The minimum Gasteiger partial charge on any atom is -0.487 e. The third kappa shape index (κ3) is 2.32. The molecule has 98 valence electrons. The zero-order valence-corrected chi connectivity index (χ0v) is 12.3. The van der Waals surface area contributed by atoms with Crippen LogP contribution >= 0.6 is 15.9 Å². The molecule has 0 unspecified atom stereocenters. The molecule has 0 bridgehead atoms. The van der Waals surface area contributed by atoms with E-state index in [1.807, 2.05) is 26.0 Å². The molecule has 0 atom stereocenters. The molecule has 1 aliphatic rings. The van der Waals surface area contributed by atoms with Crippen LogP contribution < -0.4 is 4.74 Å². The molecular formula is C15H13BrO3. The first-order valence-corrected chi connectivity index (χ1v) is 6.86. The van der Waals surface area contributed by atoms with Gasteiger partial charge in [0.2, 0.25) is 5.78 Å². The van der Waals surface area contributed by atoms with Gasteiger partial charge in [0, 0.05) is 12.0 Å². The number of hydrogen-bond acceptors (Lipinski definition) is 3. The molecule has 0 N–H and O–H groups in total. The van der Waals surface area contributed by atoms with Crippen LogP contribution in [0, 0.1) is 0 Å². The Hall–Kier alpha value is -1.55. The molecule has 2 heterocycles. The molecule has 3 nitrogen and oxygen atoms in total. The van der Waals surface area contributed by atoms with Crippen LogP contribution in [-0.2, 0) is 6.42 Å². The number of carbonyl (C=O) groups excluding carboxylic acids is 1. The highest BCUT2D eigenvalue weighted by atomic mass is 79.9. The van der Waals surface area contributed by atoms with E-state index in [2.05, 4.69) is 15.9 Å². The van der Waals surface area contributed by atoms with E-state index >= 15 is 0 Å². The molecule has 0 saturated heterocycles. The first kappa shape index (κ1) is 12.5. The molecule has 0 aliphatic carbocycles. The molecule has 0 fully saturated rings. The van der Waals surface area contributed by atoms with Crippen molar-refractivity contribution >= 4 is 21.7 Å². The van der Waals surface area contributed by atoms with Crippen LogP contribution in [-0.4, -0.2) is 11.4 Å². The number of ketones is 1. The van der Waals surface area contributed by atoms with Gasteiger partial charge < -0.3 is 9.15 Å². The number of rotatable bonds is 2. The Morgan fingerprint density at radius 1 is 1.26 bits per heavy atom. The van der Waals surface area contributed by atoms with Gasteiger partial charge in [-0.25, -0.2) is 0 Å². The summed E-state index contributed by atoms with van der Waals surface area (Å²) in [7, 11) is 0. The van der Waals surface area contributed by atoms with Gasteiger partial charge in [-0.15, -0.1) is 0 Å². The summed E-state index contributed by atoms with van der Waals surface area (Å²) in [5.74, 6) is 1.09. The number of fused-ring (bicyclic) bond motifs is 1. The van der Waals surface area contributed by atoms with E-state index in [0.717, 1.165) is 17.7 Å². The van der Waals surface area contributed by atoms with Crippen molar-refractivity contribution in [1.82, 2.24) is 0 Å². The molecule has 2 aromatic rings. The number of carbonyl (C=O) groups is 1. The van der Waals surface area contributed by atoms with Crippen LogP contribution in [0.3, 0.4) is 0 Å². The summed E-state index contributed by atoms with van der Waals surface area (Å²) in [5.41, 5.74) is 1.50. The zero-order chi connectivity index (χ0) is 13.6. The van der Waals surface area contributed by atoms with E-state index in [-0.39, 0.29) is 11.4 Å². The maximum atomic E-state index is 12.3. The lowest BCUT2D eigenvalue weighted by Gasteiger charge is -2.16. The normalized spacial score (nSPS) is 15.9. The smallest absolute Gasteiger partial charge is 0.228 e. The molecule has 19 heavy (non-hydrogen) atoms. The topological polar surface area (TPSA) is 39.4 Å². The summed E-state index contributed by atoms with van der Waals surface area (Å²) in [6.07, 6.45) is 0.811. The summed E-state index contributed by atoms with van der Waals surface area (Å²) in [4.78, 5) is 12.3. The fourth-order valence-electron chi connectivity index (χ4n) is 2.33. The largest absolute Gasteiger partial charge is 0.487 e. The third-order valence-corrected chi connectivity index (χ3v) is 3.55. The average Bonchev–Trinajstić information content (AvgIpc) is 2.88. The van der Waals surface area contributed by atoms with Crippen molar-refractivity contribution in [2.24, 2.45) is 0 Å². The molecule has 0 saturated carbocycles. The molecule has 0 amide bonds. The molecule has 1 aromatic carbocycles. The van der Waals surface area contributed by atoms with Crippen molar-refractivity contribution in [3.63, 3.8) is 0 Å². The third-order valence-electron chi connectivity index (χ3n) is 3.12. The molecule has 4 heteroatoms. The van der Waals surface area contributed by atoms with Crippen molar-refractivity contribution in [3.8, 4) is 5.75 Å². The minimum absolute atomic E-state index is 0.113. The van der Waals surface area contributed by atoms with Gasteiger partial charge in [0.25, 0.3) is 0 Å². The van der Waals surface area contributed by atoms with E-state index in [1.165, 1.54) is 0 Å². The number of furan rings is 1. The summed E-state index contributed by atoms with van der Waals surface area (Å²) < 4.78 is 11.6. The zero-order valence-electron chi connectivity index (χ0n) is 10.7. The lowest BCUT2D eigenvalue weighted by molar-refractivity contribution is 0.101. The van der Waals surface area contributed by atoms with Gasteiger partial charge in [-0.3, -0.25) is 4.79 Å². The fraction of sp³-hybridized carbons (Fsp3) is 0.267. The van der Waals surface area contributed by atoms with Gasteiger partial charge in [0.05, 0.1) is 0 Å². The Morgan fingerprint density at radius 2 is 2.05 bits per heavy atom. The van der Waals surface area contributed by atoms with E-state index < -0.39 is 0 Å². The van der Waals surface area contributed by atoms with Crippen LogP contribution in [0.1, 0.15) is 35.5 Å². The second-order valence-electron chi connectivity index (χ2n) is 5.29. The van der Waals surface area contributed by atoms with Gasteiger partial charge in [-0.2, -0.15) is 0 Å². The quantitative estimate of drug-likeness (QED) is 0.785. The highest BCUT2D eigenvalue weighted by Crippen LogP contribution is 2.35. The number of ether oxygens (including phenoxy) is 1. The van der Waals surface area contributed by atoms with Crippen molar-refractivity contribution in [2.75, 3.05) is 0 Å². The molecule has 3 rings (SSSR count). The first-order valence-electron chi connectivity index (χ1n) is 6.07. The van der Waals surface area contributed by atoms with E-state index in [4.69, 9.17) is 9.15 Å². The van der Waals surface area contributed by atoms with Gasteiger partial charge in [0.1, 0.15) is 11.4 Å². The summed E-state index contributed by atoms with van der Waals surface area (Å²) in [5, 5.41) is 0. The Kier molecular flexibility index (Phi) is 2.78. The van der Waals surface area contributed by atoms with Gasteiger partial charge >= 0.3 is 0 Å². The van der Waals surface area contributed by atoms with Crippen LogP contribution in [0.4, 0.5) is 0 Å². The predicted octanol–water partition coefficient (Wildman–Crippen LogP) is 3.99. The number of benzene rings is 1. The van der Waals surface area contributed by atoms with Crippen molar-refractivity contribution in [1.29, 1.82) is 0 Å². The maximum absolute atomic E-state index is 12.3. The highest BCUT2D eigenvalue weighted by molar-refractivity contribution is 9.10. The average molecular weight is 321 g/mol. The number of halogens is 1. The van der Waals surface area contributed by atoms with Gasteiger partial charge in [0.15, 0.2) is 10.4 Å². The molecule has 1 aromatic heterocycles. The van der Waals surface area contributed by atoms with E-state index in [0.29, 0.717) is 16.0 Å². The Morgan fingerprint density at radius 3 is 2.74 bits per heavy atom. The van der Waals surface area contributed by atoms with Crippen LogP contribution in [0.15, 0.2) is 39.4 Å². The van der Waals surface area contributed by atoms with Crippen molar-refractivity contribution in [2.45, 2.75) is 25.9 Å². The van der Waals surface area contributed by atoms with Crippen LogP contribution in [0.25, 0.3) is 0 Å². The molecule has 1 aliphatic heterocycles. The summed E-state index contributed by atoms with van der Waals surface area (Å²) in [6, 6.07) is 8.91. The lowest BCUT2D eigenvalue weighted by Crippen LogP contribution is -2.24. The molecular weight excluding hydrogens is 308 g/mol. The first-order chi connectivity index (χ1) is 8.94. The van der Waals surface area contributed by atoms with E-state index in [1.54, 1.807) is 18.2 Å². The SMILES string of the molecule is CC1(C)Cc2cc(C(=O)c3ccc(Br)o3)ccc2O1. The fourth-order valence-corrected chi connectivity index (χ4v) is 2.64. The second-order valence-corrected chi connectivity index (χ2v) is 6.08. The van der Waals surface area contributed by atoms with Gasteiger partial charge in [-0.1, -0.05) is 0 Å². The van der Waals surface area contributed by atoms with Crippen LogP contribution in [0.2, 0.25) is 0 Å². The maximum Gasteiger partial charge on any atom is 0.228 e.